The van der Waals surface area contributed by atoms with Crippen molar-refractivity contribution in [3.05, 3.63) is 0 Å². The molecule has 0 radical (unpaired) electrons. The topological polar surface area (TPSA) is 49.6 Å². The molecule has 1 aliphatic rings. The van der Waals surface area contributed by atoms with Crippen molar-refractivity contribution in [2.24, 2.45) is 5.73 Å². The molecule has 0 aromatic heterocycles. The average Bonchev–Trinajstić information content (AvgIpc) is 2.13. The van der Waals surface area contributed by atoms with Gasteiger partial charge in [-0.05, 0) is 41.5 Å². The maximum absolute atomic E-state index is 12.2. The first-order valence-corrected chi connectivity index (χ1v) is 6.38. The third kappa shape index (κ3) is 3.42. The molecular weight excluding hydrogens is 214 g/mol. The van der Waals surface area contributed by atoms with Crippen LogP contribution < -0.4 is 5.73 Å². The smallest absolute Gasteiger partial charge is 0.242 e. The van der Waals surface area contributed by atoms with Gasteiger partial charge in [0.1, 0.15) is 0 Å². The van der Waals surface area contributed by atoms with E-state index in [-0.39, 0.29) is 17.5 Å². The molecule has 0 aliphatic carbocycles. The molecule has 0 unspecified atom stereocenters. The van der Waals surface area contributed by atoms with Crippen LogP contribution in [0.1, 0.15) is 41.5 Å². The van der Waals surface area contributed by atoms with E-state index in [9.17, 15) is 4.79 Å². The number of carbonyl (C=O) groups excluding carboxylic acids is 1. The lowest BCUT2D eigenvalue weighted by atomic mass is 9.99. The maximum Gasteiger partial charge on any atom is 0.242 e. The summed E-state index contributed by atoms with van der Waals surface area (Å²) in [7, 11) is 0. The standard InChI is InChI=1S/C13H27N3O/c1-10-9-15(12(2,3)4)7-8-16(10)11(17)13(5,6)14/h10H,7-9,14H2,1-6H3/t10-/m0/s1. The van der Waals surface area contributed by atoms with Gasteiger partial charge in [-0.25, -0.2) is 0 Å². The molecule has 1 heterocycles. The first kappa shape index (κ1) is 14.5. The molecule has 1 aliphatic heterocycles. The third-order valence-electron chi connectivity index (χ3n) is 3.39. The van der Waals surface area contributed by atoms with Gasteiger partial charge in [-0.3, -0.25) is 9.69 Å². The van der Waals surface area contributed by atoms with E-state index in [4.69, 9.17) is 5.73 Å². The average molecular weight is 241 g/mol. The SMILES string of the molecule is C[C@H]1CN(C(C)(C)C)CCN1C(=O)C(C)(C)N. The van der Waals surface area contributed by atoms with Crippen molar-refractivity contribution < 1.29 is 4.79 Å². The monoisotopic (exact) mass is 241 g/mol. The highest BCUT2D eigenvalue weighted by atomic mass is 16.2. The molecule has 1 atom stereocenters. The quantitative estimate of drug-likeness (QED) is 0.746. The Morgan fingerprint density at radius 1 is 1.18 bits per heavy atom. The van der Waals surface area contributed by atoms with Crippen LogP contribution in [-0.4, -0.2) is 52.5 Å². The molecule has 0 aromatic rings. The molecule has 1 amide bonds. The maximum atomic E-state index is 12.2. The Bertz CT molecular complexity index is 288. The van der Waals surface area contributed by atoms with Crippen molar-refractivity contribution in [3.63, 3.8) is 0 Å². The van der Waals surface area contributed by atoms with Crippen LogP contribution in [0.2, 0.25) is 0 Å². The van der Waals surface area contributed by atoms with Crippen molar-refractivity contribution in [2.75, 3.05) is 19.6 Å². The summed E-state index contributed by atoms with van der Waals surface area (Å²) in [5, 5.41) is 0. The van der Waals surface area contributed by atoms with Crippen LogP contribution in [0.4, 0.5) is 0 Å². The van der Waals surface area contributed by atoms with Crippen molar-refractivity contribution >= 4 is 5.91 Å². The van der Waals surface area contributed by atoms with Gasteiger partial charge in [-0.2, -0.15) is 0 Å². The van der Waals surface area contributed by atoms with E-state index in [0.717, 1.165) is 19.6 Å². The van der Waals surface area contributed by atoms with Gasteiger partial charge in [0, 0.05) is 31.2 Å². The third-order valence-corrected chi connectivity index (χ3v) is 3.39. The fourth-order valence-corrected chi connectivity index (χ4v) is 2.24. The van der Waals surface area contributed by atoms with Gasteiger partial charge in [-0.1, -0.05) is 0 Å². The highest BCUT2D eigenvalue weighted by Gasteiger charge is 2.36. The van der Waals surface area contributed by atoms with Crippen LogP contribution in [-0.2, 0) is 4.79 Å². The second-order valence-corrected chi connectivity index (χ2v) is 6.69. The van der Waals surface area contributed by atoms with E-state index in [1.54, 1.807) is 13.8 Å². The van der Waals surface area contributed by atoms with Gasteiger partial charge in [0.25, 0.3) is 0 Å². The Balaban J connectivity index is 2.70. The van der Waals surface area contributed by atoms with E-state index in [1.807, 2.05) is 4.90 Å². The van der Waals surface area contributed by atoms with Crippen LogP contribution in [0.25, 0.3) is 0 Å². The minimum Gasteiger partial charge on any atom is -0.336 e. The van der Waals surface area contributed by atoms with Gasteiger partial charge in [0.2, 0.25) is 5.91 Å². The van der Waals surface area contributed by atoms with Gasteiger partial charge >= 0.3 is 0 Å². The second-order valence-electron chi connectivity index (χ2n) is 6.69. The molecule has 1 saturated heterocycles. The van der Waals surface area contributed by atoms with E-state index < -0.39 is 5.54 Å². The van der Waals surface area contributed by atoms with Gasteiger partial charge < -0.3 is 10.6 Å². The lowest BCUT2D eigenvalue weighted by Gasteiger charge is -2.47. The lowest BCUT2D eigenvalue weighted by molar-refractivity contribution is -0.141. The predicted octanol–water partition coefficient (Wildman–Crippen LogP) is 1.05. The summed E-state index contributed by atoms with van der Waals surface area (Å²) in [6, 6.07) is 0.235. The van der Waals surface area contributed by atoms with Crippen molar-refractivity contribution in [1.82, 2.24) is 9.80 Å². The lowest BCUT2D eigenvalue weighted by Crippen LogP contribution is -2.62. The molecule has 0 bridgehead atoms. The van der Waals surface area contributed by atoms with Crippen LogP contribution in [0.15, 0.2) is 0 Å². The summed E-state index contributed by atoms with van der Waals surface area (Å²) >= 11 is 0. The fourth-order valence-electron chi connectivity index (χ4n) is 2.24. The molecule has 0 aromatic carbocycles. The van der Waals surface area contributed by atoms with Gasteiger partial charge in [0.15, 0.2) is 0 Å². The summed E-state index contributed by atoms with van der Waals surface area (Å²) in [5.41, 5.74) is 5.29. The molecule has 1 fully saturated rings. The highest BCUT2D eigenvalue weighted by molar-refractivity contribution is 5.85. The molecule has 2 N–H and O–H groups in total. The van der Waals surface area contributed by atoms with Crippen LogP contribution >= 0.6 is 0 Å². The van der Waals surface area contributed by atoms with Gasteiger partial charge in [-0.15, -0.1) is 0 Å². The zero-order valence-electron chi connectivity index (χ0n) is 12.1. The molecule has 4 heteroatoms. The van der Waals surface area contributed by atoms with Crippen molar-refractivity contribution in [3.8, 4) is 0 Å². The Labute approximate surface area is 105 Å². The predicted molar refractivity (Wildman–Crippen MR) is 70.8 cm³/mol. The molecular formula is C13H27N3O. The van der Waals surface area contributed by atoms with Crippen molar-refractivity contribution in [1.29, 1.82) is 0 Å². The van der Waals surface area contributed by atoms with Crippen molar-refractivity contribution in [2.45, 2.75) is 58.7 Å². The minimum absolute atomic E-state index is 0.0542. The molecule has 0 spiro atoms. The van der Waals surface area contributed by atoms with E-state index in [1.165, 1.54) is 0 Å². The first-order valence-electron chi connectivity index (χ1n) is 6.38. The normalized spacial score (nSPS) is 23.9. The number of rotatable bonds is 1. The highest BCUT2D eigenvalue weighted by Crippen LogP contribution is 2.20. The zero-order chi connectivity index (χ0) is 13.4. The minimum atomic E-state index is -0.766. The number of amides is 1. The number of piperazine rings is 1. The fraction of sp³-hybridized carbons (Fsp3) is 0.923. The van der Waals surface area contributed by atoms with E-state index in [0.29, 0.717) is 0 Å². The largest absolute Gasteiger partial charge is 0.336 e. The number of hydrogen-bond donors (Lipinski definition) is 1. The Kier molecular flexibility index (Phi) is 3.89. The Hall–Kier alpha value is -0.610. The molecule has 17 heavy (non-hydrogen) atoms. The summed E-state index contributed by atoms with van der Waals surface area (Å²) in [6.07, 6.45) is 0. The Morgan fingerprint density at radius 2 is 1.71 bits per heavy atom. The summed E-state index contributed by atoms with van der Waals surface area (Å²) < 4.78 is 0. The molecule has 100 valence electrons. The number of hydrogen-bond acceptors (Lipinski definition) is 3. The van der Waals surface area contributed by atoms with E-state index in [2.05, 4.69) is 32.6 Å². The first-order chi connectivity index (χ1) is 7.53. The van der Waals surface area contributed by atoms with Crippen LogP contribution in [0, 0.1) is 0 Å². The van der Waals surface area contributed by atoms with Gasteiger partial charge in [0.05, 0.1) is 5.54 Å². The Morgan fingerprint density at radius 3 is 2.06 bits per heavy atom. The second kappa shape index (κ2) is 4.58. The summed E-state index contributed by atoms with van der Waals surface area (Å²) in [5.74, 6) is 0.0542. The number of carbonyl (C=O) groups is 1. The molecule has 4 nitrogen and oxygen atoms in total. The molecule has 1 rings (SSSR count). The van der Waals surface area contributed by atoms with Crippen LogP contribution in [0.5, 0.6) is 0 Å². The number of nitrogens with zero attached hydrogens (tertiary/aromatic N) is 2. The van der Waals surface area contributed by atoms with Crippen LogP contribution in [0.3, 0.4) is 0 Å². The zero-order valence-corrected chi connectivity index (χ0v) is 12.1. The summed E-state index contributed by atoms with van der Waals surface area (Å²) in [4.78, 5) is 16.5. The summed E-state index contributed by atoms with van der Waals surface area (Å²) in [6.45, 7) is 14.9. The van der Waals surface area contributed by atoms with E-state index >= 15 is 0 Å². The molecule has 0 saturated carbocycles. The number of nitrogens with two attached hydrogens (primary N) is 1.